The van der Waals surface area contributed by atoms with Crippen molar-refractivity contribution in [1.29, 1.82) is 0 Å². The number of carbonyl (C=O) groups excluding carboxylic acids is 2. The Hall–Kier alpha value is -3.47. The number of rotatable bonds is 8. The molecule has 2 aromatic carbocycles. The summed E-state index contributed by atoms with van der Waals surface area (Å²) >= 11 is 0. The maximum Gasteiger partial charge on any atom is 0.339 e. The number of nitro benzene ring substituents is 1. The summed E-state index contributed by atoms with van der Waals surface area (Å²) < 4.78 is 34.4. The van der Waals surface area contributed by atoms with Crippen molar-refractivity contribution < 1.29 is 31.9 Å². The van der Waals surface area contributed by atoms with Crippen LogP contribution in [-0.4, -0.2) is 37.9 Å². The summed E-state index contributed by atoms with van der Waals surface area (Å²) in [5, 5.41) is 13.5. The van der Waals surface area contributed by atoms with Crippen LogP contribution in [0, 0.1) is 10.1 Å². The van der Waals surface area contributed by atoms with Crippen molar-refractivity contribution in [2.24, 2.45) is 0 Å². The normalized spacial score (nSPS) is 13.4. The number of hydrogen-bond donors (Lipinski definition) is 1. The summed E-state index contributed by atoms with van der Waals surface area (Å²) in [4.78, 5) is 33.2. The van der Waals surface area contributed by atoms with Crippen molar-refractivity contribution in [3.05, 3.63) is 64.2 Å². The van der Waals surface area contributed by atoms with Gasteiger partial charge in [-0.05, 0) is 43.2 Å². The van der Waals surface area contributed by atoms with Gasteiger partial charge in [0.15, 0.2) is 6.61 Å². The number of hydrogen-bond acceptors (Lipinski definition) is 8. The van der Waals surface area contributed by atoms with Crippen LogP contribution in [0.25, 0.3) is 0 Å². The van der Waals surface area contributed by atoms with Gasteiger partial charge in [0.05, 0.1) is 10.5 Å². The second-order valence-electron chi connectivity index (χ2n) is 6.23. The van der Waals surface area contributed by atoms with Gasteiger partial charge >= 0.3 is 16.1 Å². The predicted molar refractivity (Wildman–Crippen MR) is 98.8 cm³/mol. The zero-order valence-corrected chi connectivity index (χ0v) is 15.8. The third-order valence-corrected chi connectivity index (χ3v) is 5.13. The van der Waals surface area contributed by atoms with Crippen LogP contribution in [0.15, 0.2) is 53.4 Å². The molecular formula is C18H16N2O8S. The van der Waals surface area contributed by atoms with Gasteiger partial charge in [-0.1, -0.05) is 6.07 Å². The van der Waals surface area contributed by atoms with Gasteiger partial charge < -0.3 is 14.2 Å². The Kier molecular flexibility index (Phi) is 5.78. The predicted octanol–water partition coefficient (Wildman–Crippen LogP) is 1.80. The van der Waals surface area contributed by atoms with E-state index < -0.39 is 33.3 Å². The Morgan fingerprint density at radius 1 is 1.14 bits per heavy atom. The van der Waals surface area contributed by atoms with Crippen LogP contribution in [0.4, 0.5) is 5.69 Å². The Morgan fingerprint density at radius 3 is 2.45 bits per heavy atom. The van der Waals surface area contributed by atoms with Crippen molar-refractivity contribution >= 4 is 27.7 Å². The molecule has 1 N–H and O–H groups in total. The summed E-state index contributed by atoms with van der Waals surface area (Å²) in [7, 11) is -4.30. The molecule has 3 rings (SSSR count). The Balaban J connectivity index is 1.62. The molecule has 0 bridgehead atoms. The molecule has 0 heterocycles. The number of nitro groups is 1. The maximum absolute atomic E-state index is 12.3. The smallest absolute Gasteiger partial charge is 0.339 e. The van der Waals surface area contributed by atoms with Crippen molar-refractivity contribution in [3.63, 3.8) is 0 Å². The molecule has 0 aromatic heterocycles. The lowest BCUT2D eigenvalue weighted by molar-refractivity contribution is -0.385. The van der Waals surface area contributed by atoms with E-state index in [-0.39, 0.29) is 28.2 Å². The fraction of sp³-hybridized carbons (Fsp3) is 0.222. The third-order valence-electron chi connectivity index (χ3n) is 3.89. The van der Waals surface area contributed by atoms with E-state index in [2.05, 4.69) is 5.32 Å². The topological polar surface area (TPSA) is 142 Å². The Labute approximate surface area is 165 Å². The highest BCUT2D eigenvalue weighted by Crippen LogP contribution is 2.22. The number of nitrogens with zero attached hydrogens (tertiary/aromatic N) is 1. The van der Waals surface area contributed by atoms with Crippen molar-refractivity contribution in [3.8, 4) is 5.75 Å². The van der Waals surface area contributed by atoms with Gasteiger partial charge in [-0.2, -0.15) is 8.42 Å². The highest BCUT2D eigenvalue weighted by atomic mass is 32.2. The largest absolute Gasteiger partial charge is 0.452 e. The zero-order chi connectivity index (χ0) is 21.0. The van der Waals surface area contributed by atoms with E-state index >= 15 is 0 Å². The Morgan fingerprint density at radius 2 is 1.83 bits per heavy atom. The lowest BCUT2D eigenvalue weighted by atomic mass is 10.2. The first-order valence-corrected chi connectivity index (χ1v) is 9.91. The summed E-state index contributed by atoms with van der Waals surface area (Å²) in [6, 6.07) is 9.61. The van der Waals surface area contributed by atoms with Gasteiger partial charge in [-0.3, -0.25) is 14.9 Å². The minimum atomic E-state index is -4.30. The van der Waals surface area contributed by atoms with Crippen LogP contribution < -0.4 is 9.50 Å². The van der Waals surface area contributed by atoms with Gasteiger partial charge in [-0.15, -0.1) is 0 Å². The third kappa shape index (κ3) is 5.51. The van der Waals surface area contributed by atoms with Crippen molar-refractivity contribution in [2.75, 3.05) is 6.61 Å². The molecule has 1 amide bonds. The molecule has 0 radical (unpaired) electrons. The lowest BCUT2D eigenvalue weighted by Gasteiger charge is -2.08. The molecule has 0 atom stereocenters. The van der Waals surface area contributed by atoms with Crippen LogP contribution in [0.1, 0.15) is 23.2 Å². The van der Waals surface area contributed by atoms with Gasteiger partial charge in [0.2, 0.25) is 0 Å². The lowest BCUT2D eigenvalue weighted by Crippen LogP contribution is -2.30. The van der Waals surface area contributed by atoms with Crippen molar-refractivity contribution in [2.45, 2.75) is 23.8 Å². The molecule has 0 aliphatic heterocycles. The average molecular weight is 420 g/mol. The standard InChI is InChI=1S/C18H16N2O8S/c21-17(19-13-6-7-13)11-27-18(22)12-4-8-15(9-5-12)28-29(25,26)16-3-1-2-14(10-16)20(23)24/h1-5,8-10,13H,6-7,11H2,(H,19,21). The van der Waals surface area contributed by atoms with Crippen LogP contribution in [-0.2, 0) is 19.6 Å². The molecule has 1 fully saturated rings. The van der Waals surface area contributed by atoms with E-state index in [0.717, 1.165) is 25.0 Å². The number of ether oxygens (including phenoxy) is 1. The summed E-state index contributed by atoms with van der Waals surface area (Å²) in [6.07, 6.45) is 1.83. The van der Waals surface area contributed by atoms with Gasteiger partial charge in [0.1, 0.15) is 10.6 Å². The minimum absolute atomic E-state index is 0.0977. The molecule has 11 heteroatoms. The zero-order valence-electron chi connectivity index (χ0n) is 14.9. The molecule has 1 aliphatic rings. The van der Waals surface area contributed by atoms with Gasteiger partial charge in [-0.25, -0.2) is 4.79 Å². The molecule has 0 unspecified atom stereocenters. The van der Waals surface area contributed by atoms with E-state index in [1.807, 2.05) is 0 Å². The molecule has 10 nitrogen and oxygen atoms in total. The Bertz CT molecular complexity index is 1050. The molecule has 29 heavy (non-hydrogen) atoms. The molecule has 0 spiro atoms. The monoisotopic (exact) mass is 420 g/mol. The molecule has 0 saturated heterocycles. The molecule has 1 saturated carbocycles. The average Bonchev–Trinajstić information content (AvgIpc) is 3.50. The number of esters is 1. The molecule has 2 aromatic rings. The summed E-state index contributed by atoms with van der Waals surface area (Å²) in [6.45, 7) is -0.408. The van der Waals surface area contributed by atoms with E-state index in [1.54, 1.807) is 0 Å². The van der Waals surface area contributed by atoms with E-state index in [0.29, 0.717) is 0 Å². The number of nitrogens with one attached hydrogen (secondary N) is 1. The number of amides is 1. The first-order chi connectivity index (χ1) is 13.7. The second kappa shape index (κ2) is 8.27. The number of non-ortho nitro benzene ring substituents is 1. The quantitative estimate of drug-likeness (QED) is 0.295. The van der Waals surface area contributed by atoms with E-state index in [4.69, 9.17) is 8.92 Å². The van der Waals surface area contributed by atoms with E-state index in [1.165, 1.54) is 36.4 Å². The molecular weight excluding hydrogens is 404 g/mol. The highest BCUT2D eigenvalue weighted by molar-refractivity contribution is 7.87. The van der Waals surface area contributed by atoms with E-state index in [9.17, 15) is 28.1 Å². The second-order valence-corrected chi connectivity index (χ2v) is 7.78. The first-order valence-electron chi connectivity index (χ1n) is 8.50. The fourth-order valence-electron chi connectivity index (χ4n) is 2.29. The molecule has 152 valence electrons. The molecule has 1 aliphatic carbocycles. The van der Waals surface area contributed by atoms with Crippen molar-refractivity contribution in [1.82, 2.24) is 5.32 Å². The van der Waals surface area contributed by atoms with Gasteiger partial charge in [0.25, 0.3) is 11.6 Å². The van der Waals surface area contributed by atoms with Gasteiger partial charge in [0, 0.05) is 18.2 Å². The minimum Gasteiger partial charge on any atom is -0.452 e. The SMILES string of the molecule is O=C(COC(=O)c1ccc(OS(=O)(=O)c2cccc([N+](=O)[O-])c2)cc1)NC1CC1. The van der Waals surface area contributed by atoms with Crippen LogP contribution in [0.5, 0.6) is 5.75 Å². The maximum atomic E-state index is 12.3. The number of benzene rings is 2. The van der Waals surface area contributed by atoms with Crippen LogP contribution in [0.3, 0.4) is 0 Å². The number of carbonyl (C=O) groups is 2. The first kappa shape index (κ1) is 20.3. The van der Waals surface area contributed by atoms with Crippen LogP contribution >= 0.6 is 0 Å². The van der Waals surface area contributed by atoms with Crippen LogP contribution in [0.2, 0.25) is 0 Å². The summed E-state index contributed by atoms with van der Waals surface area (Å²) in [5.74, 6) is -1.23. The highest BCUT2D eigenvalue weighted by Gasteiger charge is 2.24. The summed E-state index contributed by atoms with van der Waals surface area (Å²) in [5.41, 5.74) is -0.289. The fourth-order valence-corrected chi connectivity index (χ4v) is 3.26.